The quantitative estimate of drug-likeness (QED) is 0.264. The molecule has 2 rings (SSSR count). The van der Waals surface area contributed by atoms with Gasteiger partial charge in [-0.3, -0.25) is 14.6 Å². The summed E-state index contributed by atoms with van der Waals surface area (Å²) < 4.78 is 1.83. The van der Waals surface area contributed by atoms with Crippen LogP contribution in [0.3, 0.4) is 0 Å². The van der Waals surface area contributed by atoms with Gasteiger partial charge in [0.2, 0.25) is 0 Å². The number of aromatic nitrogens is 2. The molecule has 2 atom stereocenters. The molecule has 1 heterocycles. The fraction of sp³-hybridized carbons (Fsp3) is 0.545. The Labute approximate surface area is 209 Å². The largest absolute Gasteiger partial charge is 0.354 e. The number of hydrogen-bond acceptors (Lipinski definition) is 4. The van der Waals surface area contributed by atoms with Crippen LogP contribution in [0.2, 0.25) is 5.02 Å². The van der Waals surface area contributed by atoms with Crippen molar-refractivity contribution in [2.45, 2.75) is 25.9 Å². The lowest BCUT2D eigenvalue weighted by molar-refractivity contribution is 0.219. The minimum absolute atomic E-state index is 0. The van der Waals surface area contributed by atoms with Crippen molar-refractivity contribution in [3.8, 4) is 0 Å². The summed E-state index contributed by atoms with van der Waals surface area (Å²) in [5, 5.41) is 12.1. The number of nitrogens with one attached hydrogen (secondary N) is 2. The monoisotopic (exact) mass is 561 g/mol. The van der Waals surface area contributed by atoms with E-state index in [0.717, 1.165) is 36.2 Å². The average Bonchev–Trinajstić information content (AvgIpc) is 3.15. The predicted octanol–water partition coefficient (Wildman–Crippen LogP) is 3.54. The second-order valence-electron chi connectivity index (χ2n) is 7.52. The zero-order valence-corrected chi connectivity index (χ0v) is 22.6. The van der Waals surface area contributed by atoms with Crippen LogP contribution < -0.4 is 10.6 Å². The molecule has 1 aromatic carbocycles. The Hall–Kier alpha value is -1.36. The number of hydrogen-bond donors (Lipinski definition) is 2. The first-order valence-corrected chi connectivity index (χ1v) is 10.9. The first-order valence-electron chi connectivity index (χ1n) is 10.5. The first kappa shape index (κ1) is 27.7. The van der Waals surface area contributed by atoms with Crippen molar-refractivity contribution in [2.24, 2.45) is 12.0 Å². The highest BCUT2D eigenvalue weighted by Gasteiger charge is 2.21. The van der Waals surface area contributed by atoms with E-state index in [0.29, 0.717) is 6.54 Å². The Morgan fingerprint density at radius 3 is 2.23 bits per heavy atom. The molecule has 2 aromatic rings. The molecule has 0 aliphatic rings. The van der Waals surface area contributed by atoms with Crippen LogP contribution in [0.5, 0.6) is 0 Å². The molecular formula is C22H37ClIN7. The van der Waals surface area contributed by atoms with Crippen LogP contribution in [-0.4, -0.2) is 72.9 Å². The van der Waals surface area contributed by atoms with Gasteiger partial charge in [-0.25, -0.2) is 0 Å². The highest BCUT2D eigenvalue weighted by atomic mass is 127. The zero-order chi connectivity index (χ0) is 22.1. The fourth-order valence-electron chi connectivity index (χ4n) is 3.66. The summed E-state index contributed by atoms with van der Waals surface area (Å²) in [6, 6.07) is 8.43. The van der Waals surface area contributed by atoms with E-state index in [1.165, 1.54) is 5.56 Å². The number of halogens is 2. The van der Waals surface area contributed by atoms with Gasteiger partial charge in [0.1, 0.15) is 0 Å². The van der Waals surface area contributed by atoms with Crippen molar-refractivity contribution >= 4 is 41.5 Å². The molecule has 0 saturated carbocycles. The molecule has 0 bridgehead atoms. The van der Waals surface area contributed by atoms with Crippen molar-refractivity contribution in [1.29, 1.82) is 0 Å². The van der Waals surface area contributed by atoms with Crippen LogP contribution in [0.4, 0.5) is 0 Å². The third-order valence-electron chi connectivity index (χ3n) is 5.40. The van der Waals surface area contributed by atoms with E-state index in [2.05, 4.69) is 70.7 Å². The van der Waals surface area contributed by atoms with E-state index in [1.54, 1.807) is 7.05 Å². The number of likely N-dealkylation sites (N-methyl/N-ethyl adjacent to an activating group) is 2. The predicted molar refractivity (Wildman–Crippen MR) is 142 cm³/mol. The molecule has 31 heavy (non-hydrogen) atoms. The van der Waals surface area contributed by atoms with Gasteiger partial charge in [-0.1, -0.05) is 43.6 Å². The van der Waals surface area contributed by atoms with E-state index in [9.17, 15) is 0 Å². The SMILES string of the molecule is CCN(CC)C(CNC(=NC)NCC(c1cnn(C)c1)N(C)C)c1ccccc1Cl.I. The Balaban J connectivity index is 0.00000480. The molecule has 2 N–H and O–H groups in total. The van der Waals surface area contributed by atoms with Crippen molar-refractivity contribution in [3.63, 3.8) is 0 Å². The summed E-state index contributed by atoms with van der Waals surface area (Å²) in [6.45, 7) is 7.69. The average molecular weight is 562 g/mol. The molecule has 0 saturated heterocycles. The van der Waals surface area contributed by atoms with Crippen LogP contribution in [-0.2, 0) is 7.05 Å². The van der Waals surface area contributed by atoms with Gasteiger partial charge in [0.05, 0.1) is 18.3 Å². The lowest BCUT2D eigenvalue weighted by Crippen LogP contribution is -2.45. The van der Waals surface area contributed by atoms with Crippen molar-refractivity contribution in [1.82, 2.24) is 30.2 Å². The van der Waals surface area contributed by atoms with Crippen LogP contribution in [0, 0.1) is 0 Å². The topological polar surface area (TPSA) is 60.7 Å². The third kappa shape index (κ3) is 7.93. The van der Waals surface area contributed by atoms with Gasteiger partial charge < -0.3 is 15.5 Å². The number of aliphatic imine (C=N–C) groups is 1. The molecule has 0 aliphatic heterocycles. The number of guanidine groups is 1. The molecule has 0 fully saturated rings. The summed E-state index contributed by atoms with van der Waals surface area (Å²) >= 11 is 6.52. The highest BCUT2D eigenvalue weighted by molar-refractivity contribution is 14.0. The van der Waals surface area contributed by atoms with E-state index >= 15 is 0 Å². The molecule has 9 heteroatoms. The lowest BCUT2D eigenvalue weighted by Gasteiger charge is -2.31. The summed E-state index contributed by atoms with van der Waals surface area (Å²) in [4.78, 5) is 9.00. The maximum atomic E-state index is 6.52. The molecule has 0 radical (unpaired) electrons. The van der Waals surface area contributed by atoms with Gasteiger partial charge >= 0.3 is 0 Å². The summed E-state index contributed by atoms with van der Waals surface area (Å²) in [5.74, 6) is 0.773. The lowest BCUT2D eigenvalue weighted by atomic mass is 10.0. The Morgan fingerprint density at radius 2 is 1.74 bits per heavy atom. The molecular weight excluding hydrogens is 525 g/mol. The molecule has 2 unspecified atom stereocenters. The highest BCUT2D eigenvalue weighted by Crippen LogP contribution is 2.27. The van der Waals surface area contributed by atoms with E-state index in [-0.39, 0.29) is 36.1 Å². The minimum atomic E-state index is 0. The second kappa shape index (κ2) is 13.9. The van der Waals surface area contributed by atoms with Gasteiger partial charge in [-0.05, 0) is 38.8 Å². The normalized spacial score (nSPS) is 13.8. The maximum absolute atomic E-state index is 6.52. The van der Waals surface area contributed by atoms with Gasteiger partial charge in [0.15, 0.2) is 5.96 Å². The summed E-state index contributed by atoms with van der Waals surface area (Å²) in [5.41, 5.74) is 2.30. The summed E-state index contributed by atoms with van der Waals surface area (Å²) in [6.07, 6.45) is 3.96. The number of rotatable bonds is 10. The molecule has 174 valence electrons. The molecule has 0 spiro atoms. The smallest absolute Gasteiger partial charge is 0.191 e. The van der Waals surface area contributed by atoms with E-state index in [4.69, 9.17) is 11.6 Å². The van der Waals surface area contributed by atoms with Gasteiger partial charge in [0, 0.05) is 44.0 Å². The Kier molecular flexibility index (Phi) is 12.4. The van der Waals surface area contributed by atoms with Crippen molar-refractivity contribution in [3.05, 3.63) is 52.8 Å². The zero-order valence-electron chi connectivity index (χ0n) is 19.5. The minimum Gasteiger partial charge on any atom is -0.354 e. The van der Waals surface area contributed by atoms with Crippen LogP contribution in [0.15, 0.2) is 41.7 Å². The Bertz CT molecular complexity index is 805. The molecule has 0 amide bonds. The maximum Gasteiger partial charge on any atom is 0.191 e. The van der Waals surface area contributed by atoms with Crippen molar-refractivity contribution < 1.29 is 0 Å². The van der Waals surface area contributed by atoms with Crippen LogP contribution >= 0.6 is 35.6 Å². The third-order valence-corrected chi connectivity index (χ3v) is 5.74. The molecule has 1 aromatic heterocycles. The van der Waals surface area contributed by atoms with Crippen molar-refractivity contribution in [2.75, 3.05) is 47.3 Å². The first-order chi connectivity index (χ1) is 14.4. The van der Waals surface area contributed by atoms with E-state index in [1.807, 2.05) is 36.1 Å². The number of aryl methyl sites for hydroxylation is 1. The molecule has 0 aliphatic carbocycles. The van der Waals surface area contributed by atoms with Gasteiger partial charge in [-0.2, -0.15) is 5.10 Å². The van der Waals surface area contributed by atoms with Gasteiger partial charge in [0.25, 0.3) is 0 Å². The van der Waals surface area contributed by atoms with Crippen LogP contribution in [0.25, 0.3) is 0 Å². The fourth-order valence-corrected chi connectivity index (χ4v) is 3.93. The molecule has 7 nitrogen and oxygen atoms in total. The standard InChI is InChI=1S/C22H36ClN7.HI/c1-7-30(8-2)21(18-11-9-10-12-19(18)23)15-26-22(24-3)25-14-20(28(4)5)17-13-27-29(6)16-17;/h9-13,16,20-21H,7-8,14-15H2,1-6H3,(H2,24,25,26);1H. The number of benzene rings is 1. The second-order valence-corrected chi connectivity index (χ2v) is 7.93. The Morgan fingerprint density at radius 1 is 1.13 bits per heavy atom. The van der Waals surface area contributed by atoms with Crippen LogP contribution in [0.1, 0.15) is 37.1 Å². The van der Waals surface area contributed by atoms with E-state index < -0.39 is 0 Å². The number of nitrogens with zero attached hydrogens (tertiary/aromatic N) is 5. The summed E-state index contributed by atoms with van der Waals surface area (Å²) in [7, 11) is 7.88. The van der Waals surface area contributed by atoms with Gasteiger partial charge in [-0.15, -0.1) is 24.0 Å².